The van der Waals surface area contributed by atoms with Crippen molar-refractivity contribution in [3.8, 4) is 0 Å². The van der Waals surface area contributed by atoms with Gasteiger partial charge in [-0.25, -0.2) is 0 Å². The van der Waals surface area contributed by atoms with Crippen LogP contribution in [0.15, 0.2) is 4.99 Å². The summed E-state index contributed by atoms with van der Waals surface area (Å²) in [6.45, 7) is 16.3. The number of amidine groups is 1. The molecular formula is C21H41N5S. The summed E-state index contributed by atoms with van der Waals surface area (Å²) < 4.78 is 0.358. The van der Waals surface area contributed by atoms with E-state index >= 15 is 0 Å². The summed E-state index contributed by atoms with van der Waals surface area (Å²) in [6, 6.07) is 0. The van der Waals surface area contributed by atoms with E-state index in [1.54, 1.807) is 0 Å². The molecule has 0 aromatic heterocycles. The van der Waals surface area contributed by atoms with Gasteiger partial charge in [0.25, 0.3) is 0 Å². The van der Waals surface area contributed by atoms with Crippen molar-refractivity contribution in [2.75, 3.05) is 66.5 Å². The minimum atomic E-state index is 0.161. The van der Waals surface area contributed by atoms with Crippen molar-refractivity contribution in [3.05, 3.63) is 0 Å². The Labute approximate surface area is 171 Å². The summed E-state index contributed by atoms with van der Waals surface area (Å²) >= 11 is 2.05. The number of piperazine rings is 1. The van der Waals surface area contributed by atoms with Crippen LogP contribution in [0.5, 0.6) is 0 Å². The molecule has 3 fully saturated rings. The first-order valence-corrected chi connectivity index (χ1v) is 11.7. The van der Waals surface area contributed by atoms with Gasteiger partial charge in [-0.1, -0.05) is 18.7 Å². The molecule has 2 aliphatic heterocycles. The summed E-state index contributed by atoms with van der Waals surface area (Å²) in [4.78, 5) is 12.4. The molecule has 2 saturated heterocycles. The van der Waals surface area contributed by atoms with Gasteiger partial charge in [0, 0.05) is 56.1 Å². The van der Waals surface area contributed by atoms with Gasteiger partial charge in [-0.3, -0.25) is 14.8 Å². The number of hydrogen-bond donors (Lipinski definition) is 1. The topological polar surface area (TPSA) is 34.1 Å². The van der Waals surface area contributed by atoms with Crippen LogP contribution in [0.3, 0.4) is 0 Å². The first-order chi connectivity index (χ1) is 12.8. The SMILES string of the molecule is CC1CCC2(CC1)SC(=NCCN1CCN(CCN(C)C)CC1)NC2(C)C. The number of nitrogens with one attached hydrogen (secondary N) is 1. The highest BCUT2D eigenvalue weighted by molar-refractivity contribution is 8.15. The van der Waals surface area contributed by atoms with Crippen LogP contribution in [0.4, 0.5) is 0 Å². The molecule has 27 heavy (non-hydrogen) atoms. The minimum absolute atomic E-state index is 0.161. The van der Waals surface area contributed by atoms with Crippen molar-refractivity contribution in [2.45, 2.75) is 56.7 Å². The Morgan fingerprint density at radius 3 is 2.26 bits per heavy atom. The monoisotopic (exact) mass is 395 g/mol. The third kappa shape index (κ3) is 5.40. The van der Waals surface area contributed by atoms with Crippen LogP contribution in [-0.2, 0) is 0 Å². The standard InChI is InChI=1S/C21H41N5S/c1-18-6-8-21(9-7-18)20(2,3)23-19(27-21)22-10-11-25-14-16-26(17-15-25)13-12-24(4)5/h18H,6-17H2,1-5H3,(H,22,23). The van der Waals surface area contributed by atoms with Gasteiger partial charge in [0.05, 0.1) is 6.54 Å². The summed E-state index contributed by atoms with van der Waals surface area (Å²) in [6.07, 6.45) is 5.38. The lowest BCUT2D eigenvalue weighted by Crippen LogP contribution is -2.52. The number of thioether (sulfide) groups is 1. The maximum absolute atomic E-state index is 4.97. The molecule has 5 nitrogen and oxygen atoms in total. The third-order valence-electron chi connectivity index (χ3n) is 6.93. The molecule has 156 valence electrons. The minimum Gasteiger partial charge on any atom is -0.359 e. The fourth-order valence-corrected chi connectivity index (χ4v) is 6.20. The molecule has 0 aromatic carbocycles. The molecule has 0 aromatic rings. The molecule has 1 spiro atoms. The number of nitrogens with zero attached hydrogens (tertiary/aromatic N) is 4. The molecule has 0 atom stereocenters. The van der Waals surface area contributed by atoms with Crippen molar-refractivity contribution >= 4 is 16.9 Å². The Morgan fingerprint density at radius 1 is 1.07 bits per heavy atom. The number of aliphatic imine (C=N–C) groups is 1. The molecule has 0 amide bonds. The van der Waals surface area contributed by atoms with Crippen LogP contribution < -0.4 is 5.32 Å². The number of likely N-dealkylation sites (N-methyl/N-ethyl adjacent to an activating group) is 1. The zero-order valence-electron chi connectivity index (χ0n) is 18.3. The van der Waals surface area contributed by atoms with E-state index in [1.807, 2.05) is 11.8 Å². The van der Waals surface area contributed by atoms with Gasteiger partial charge in [-0.05, 0) is 59.5 Å². The largest absolute Gasteiger partial charge is 0.359 e. The lowest BCUT2D eigenvalue weighted by Gasteiger charge is -2.43. The fourth-order valence-electron chi connectivity index (χ4n) is 4.62. The number of rotatable bonds is 6. The van der Waals surface area contributed by atoms with E-state index in [0.717, 1.165) is 25.6 Å². The van der Waals surface area contributed by atoms with Gasteiger partial charge in [-0.2, -0.15) is 0 Å². The smallest absolute Gasteiger partial charge is 0.157 e. The van der Waals surface area contributed by atoms with Crippen molar-refractivity contribution in [3.63, 3.8) is 0 Å². The van der Waals surface area contributed by atoms with E-state index < -0.39 is 0 Å². The maximum atomic E-state index is 4.97. The molecule has 0 radical (unpaired) electrons. The van der Waals surface area contributed by atoms with Gasteiger partial charge in [0.2, 0.25) is 0 Å². The van der Waals surface area contributed by atoms with Gasteiger partial charge in [0.1, 0.15) is 0 Å². The lowest BCUT2D eigenvalue weighted by atomic mass is 9.73. The van der Waals surface area contributed by atoms with Crippen molar-refractivity contribution in [1.82, 2.24) is 20.0 Å². The zero-order chi connectivity index (χ0) is 19.5. The van der Waals surface area contributed by atoms with E-state index in [2.05, 4.69) is 54.9 Å². The van der Waals surface area contributed by atoms with Crippen LogP contribution in [0.1, 0.15) is 46.5 Å². The van der Waals surface area contributed by atoms with Crippen LogP contribution in [-0.4, -0.2) is 96.6 Å². The first kappa shape index (κ1) is 21.4. The Balaban J connectivity index is 1.42. The predicted octanol–water partition coefficient (Wildman–Crippen LogP) is 2.59. The molecule has 0 unspecified atom stereocenters. The van der Waals surface area contributed by atoms with Crippen molar-refractivity contribution in [2.24, 2.45) is 10.9 Å². The van der Waals surface area contributed by atoms with E-state index in [-0.39, 0.29) is 5.54 Å². The highest BCUT2D eigenvalue weighted by Crippen LogP contribution is 2.52. The maximum Gasteiger partial charge on any atom is 0.157 e. The van der Waals surface area contributed by atoms with Crippen LogP contribution >= 0.6 is 11.8 Å². The Kier molecular flexibility index (Phi) is 7.15. The fraction of sp³-hybridized carbons (Fsp3) is 0.952. The first-order valence-electron chi connectivity index (χ1n) is 10.9. The van der Waals surface area contributed by atoms with E-state index in [0.29, 0.717) is 4.75 Å². The summed E-state index contributed by atoms with van der Waals surface area (Å²) in [5.74, 6) is 0.893. The Morgan fingerprint density at radius 2 is 1.67 bits per heavy atom. The average molecular weight is 396 g/mol. The number of hydrogen-bond acceptors (Lipinski definition) is 5. The summed E-state index contributed by atoms with van der Waals surface area (Å²) in [7, 11) is 4.31. The van der Waals surface area contributed by atoms with Gasteiger partial charge in [0.15, 0.2) is 5.17 Å². The highest BCUT2D eigenvalue weighted by Gasteiger charge is 2.53. The molecule has 1 aliphatic carbocycles. The second kappa shape index (κ2) is 9.02. The molecule has 0 bridgehead atoms. The van der Waals surface area contributed by atoms with Crippen LogP contribution in [0.25, 0.3) is 0 Å². The Hall–Kier alpha value is -0.300. The predicted molar refractivity (Wildman–Crippen MR) is 119 cm³/mol. The molecular weight excluding hydrogens is 354 g/mol. The lowest BCUT2D eigenvalue weighted by molar-refractivity contribution is 0.128. The molecule has 1 N–H and O–H groups in total. The molecule has 3 aliphatic rings. The van der Waals surface area contributed by atoms with Crippen molar-refractivity contribution < 1.29 is 0 Å². The zero-order valence-corrected chi connectivity index (χ0v) is 19.1. The summed E-state index contributed by atoms with van der Waals surface area (Å²) in [5.41, 5.74) is 0.161. The normalized spacial score (nSPS) is 33.9. The molecule has 3 rings (SSSR count). The average Bonchev–Trinajstić information content (AvgIpc) is 2.86. The van der Waals surface area contributed by atoms with Gasteiger partial charge < -0.3 is 10.2 Å². The van der Waals surface area contributed by atoms with E-state index in [9.17, 15) is 0 Å². The third-order valence-corrected chi connectivity index (χ3v) is 8.67. The second-order valence-corrected chi connectivity index (χ2v) is 11.1. The molecule has 2 heterocycles. The Bertz CT molecular complexity index is 503. The second-order valence-electron chi connectivity index (χ2n) is 9.70. The highest BCUT2D eigenvalue weighted by atomic mass is 32.2. The van der Waals surface area contributed by atoms with E-state index in [1.165, 1.54) is 63.6 Å². The quantitative estimate of drug-likeness (QED) is 0.748. The van der Waals surface area contributed by atoms with Gasteiger partial charge >= 0.3 is 0 Å². The molecule has 1 saturated carbocycles. The van der Waals surface area contributed by atoms with E-state index in [4.69, 9.17) is 4.99 Å². The van der Waals surface area contributed by atoms with Crippen LogP contribution in [0, 0.1) is 5.92 Å². The van der Waals surface area contributed by atoms with Crippen molar-refractivity contribution in [1.29, 1.82) is 0 Å². The van der Waals surface area contributed by atoms with Crippen LogP contribution in [0.2, 0.25) is 0 Å². The van der Waals surface area contributed by atoms with Gasteiger partial charge in [-0.15, -0.1) is 0 Å². The summed E-state index contributed by atoms with van der Waals surface area (Å²) in [5, 5.41) is 4.95. The molecule has 6 heteroatoms.